The summed E-state index contributed by atoms with van der Waals surface area (Å²) >= 11 is 0. The zero-order chi connectivity index (χ0) is 20.5. The maximum atomic E-state index is 5.01. The Morgan fingerprint density at radius 1 is 1.10 bits per heavy atom. The SMILES string of the molecule is CCCCN(Cc1c2cccc(-c3c(C)cc(C)cc3C)c2nn1C)CC1CC1. The fourth-order valence-electron chi connectivity index (χ4n) is 4.76. The Morgan fingerprint density at radius 3 is 2.48 bits per heavy atom. The summed E-state index contributed by atoms with van der Waals surface area (Å²) in [4.78, 5) is 2.66. The zero-order valence-corrected chi connectivity index (χ0v) is 18.8. The third-order valence-electron chi connectivity index (χ3n) is 6.35. The fourth-order valence-corrected chi connectivity index (χ4v) is 4.76. The maximum absolute atomic E-state index is 5.01. The molecule has 1 aliphatic rings. The summed E-state index contributed by atoms with van der Waals surface area (Å²) in [7, 11) is 2.11. The molecule has 3 heteroatoms. The van der Waals surface area contributed by atoms with E-state index < -0.39 is 0 Å². The molecule has 0 bridgehead atoms. The van der Waals surface area contributed by atoms with Crippen molar-refractivity contribution in [2.24, 2.45) is 13.0 Å². The minimum atomic E-state index is 0.916. The lowest BCUT2D eigenvalue weighted by Crippen LogP contribution is -2.27. The molecule has 3 aromatic rings. The molecule has 1 fully saturated rings. The number of hydrogen-bond acceptors (Lipinski definition) is 2. The molecule has 0 radical (unpaired) electrons. The van der Waals surface area contributed by atoms with E-state index in [1.54, 1.807) is 0 Å². The average molecular weight is 390 g/mol. The van der Waals surface area contributed by atoms with E-state index in [2.05, 4.69) is 74.7 Å². The van der Waals surface area contributed by atoms with Crippen LogP contribution in [0.2, 0.25) is 0 Å². The van der Waals surface area contributed by atoms with Crippen LogP contribution in [0.1, 0.15) is 55.0 Å². The molecule has 0 aliphatic heterocycles. The third-order valence-corrected chi connectivity index (χ3v) is 6.35. The van der Waals surface area contributed by atoms with Crippen LogP contribution in [0.5, 0.6) is 0 Å². The smallest absolute Gasteiger partial charge is 0.100 e. The Labute approximate surface area is 175 Å². The van der Waals surface area contributed by atoms with Crippen LogP contribution < -0.4 is 0 Å². The van der Waals surface area contributed by atoms with Gasteiger partial charge in [-0.25, -0.2) is 0 Å². The Bertz CT molecular complexity index is 987. The van der Waals surface area contributed by atoms with Crippen molar-refractivity contribution in [1.29, 1.82) is 0 Å². The van der Waals surface area contributed by atoms with Crippen LogP contribution in [0.15, 0.2) is 30.3 Å². The van der Waals surface area contributed by atoms with Gasteiger partial charge in [0.15, 0.2) is 0 Å². The first kappa shape index (κ1) is 20.2. The molecule has 1 saturated carbocycles. The van der Waals surface area contributed by atoms with Crippen molar-refractivity contribution in [2.75, 3.05) is 13.1 Å². The first-order chi connectivity index (χ1) is 14.0. The first-order valence-corrected chi connectivity index (χ1v) is 11.2. The number of fused-ring (bicyclic) bond motifs is 1. The highest BCUT2D eigenvalue weighted by molar-refractivity contribution is 5.96. The van der Waals surface area contributed by atoms with E-state index in [-0.39, 0.29) is 0 Å². The molecule has 1 heterocycles. The fraction of sp³-hybridized carbons (Fsp3) is 0.500. The van der Waals surface area contributed by atoms with Crippen LogP contribution in [0.3, 0.4) is 0 Å². The van der Waals surface area contributed by atoms with E-state index in [0.29, 0.717) is 0 Å². The van der Waals surface area contributed by atoms with Crippen LogP contribution in [0.4, 0.5) is 0 Å². The quantitative estimate of drug-likeness (QED) is 0.459. The van der Waals surface area contributed by atoms with Crippen LogP contribution in [0.25, 0.3) is 22.0 Å². The molecule has 29 heavy (non-hydrogen) atoms. The number of aromatic nitrogens is 2. The van der Waals surface area contributed by atoms with Gasteiger partial charge in [0.05, 0.1) is 5.69 Å². The lowest BCUT2D eigenvalue weighted by atomic mass is 9.92. The second-order valence-electron chi connectivity index (χ2n) is 9.08. The van der Waals surface area contributed by atoms with E-state index in [0.717, 1.165) is 18.0 Å². The largest absolute Gasteiger partial charge is 0.297 e. The van der Waals surface area contributed by atoms with Crippen molar-refractivity contribution in [1.82, 2.24) is 14.7 Å². The highest BCUT2D eigenvalue weighted by Gasteiger charge is 2.25. The first-order valence-electron chi connectivity index (χ1n) is 11.2. The molecule has 0 N–H and O–H groups in total. The third kappa shape index (κ3) is 4.25. The normalized spacial score (nSPS) is 14.3. The summed E-state index contributed by atoms with van der Waals surface area (Å²) in [6.07, 6.45) is 5.34. The Balaban J connectivity index is 1.74. The highest BCUT2D eigenvalue weighted by atomic mass is 15.3. The van der Waals surface area contributed by atoms with Gasteiger partial charge in [-0.05, 0) is 69.2 Å². The van der Waals surface area contributed by atoms with Crippen molar-refractivity contribution in [3.63, 3.8) is 0 Å². The molecule has 0 spiro atoms. The lowest BCUT2D eigenvalue weighted by Gasteiger charge is -2.22. The second-order valence-corrected chi connectivity index (χ2v) is 9.08. The van der Waals surface area contributed by atoms with Crippen molar-refractivity contribution < 1.29 is 0 Å². The van der Waals surface area contributed by atoms with Gasteiger partial charge in [-0.1, -0.05) is 49.2 Å². The number of unbranched alkanes of at least 4 members (excludes halogenated alkanes) is 1. The second kappa shape index (κ2) is 8.31. The average Bonchev–Trinajstić information content (AvgIpc) is 3.42. The monoisotopic (exact) mass is 389 g/mol. The molecule has 1 aromatic heterocycles. The predicted molar refractivity (Wildman–Crippen MR) is 123 cm³/mol. The molecular formula is C26H35N3. The van der Waals surface area contributed by atoms with Crippen LogP contribution in [-0.2, 0) is 13.6 Å². The van der Waals surface area contributed by atoms with E-state index in [1.165, 1.54) is 77.7 Å². The van der Waals surface area contributed by atoms with Gasteiger partial charge in [-0.15, -0.1) is 0 Å². The van der Waals surface area contributed by atoms with Gasteiger partial charge in [0.25, 0.3) is 0 Å². The Kier molecular flexibility index (Phi) is 5.78. The topological polar surface area (TPSA) is 21.1 Å². The van der Waals surface area contributed by atoms with E-state index in [9.17, 15) is 0 Å². The predicted octanol–water partition coefficient (Wildman–Crippen LogP) is 6.18. The number of aryl methyl sites for hydroxylation is 4. The molecule has 0 saturated heterocycles. The molecular weight excluding hydrogens is 354 g/mol. The van der Waals surface area contributed by atoms with E-state index in [4.69, 9.17) is 5.10 Å². The highest BCUT2D eigenvalue weighted by Crippen LogP contribution is 2.35. The van der Waals surface area contributed by atoms with Gasteiger partial charge in [0.2, 0.25) is 0 Å². The van der Waals surface area contributed by atoms with Gasteiger partial charge in [0, 0.05) is 31.1 Å². The molecule has 3 nitrogen and oxygen atoms in total. The number of hydrogen-bond donors (Lipinski definition) is 0. The molecule has 0 unspecified atom stereocenters. The molecule has 4 rings (SSSR count). The number of rotatable bonds is 8. The van der Waals surface area contributed by atoms with E-state index in [1.807, 2.05) is 0 Å². The summed E-state index contributed by atoms with van der Waals surface area (Å²) in [5.74, 6) is 0.916. The minimum absolute atomic E-state index is 0.916. The van der Waals surface area contributed by atoms with Gasteiger partial charge < -0.3 is 0 Å². The van der Waals surface area contributed by atoms with Crippen LogP contribution in [-0.4, -0.2) is 27.8 Å². The summed E-state index contributed by atoms with van der Waals surface area (Å²) in [5.41, 5.74) is 9.08. The molecule has 0 amide bonds. The lowest BCUT2D eigenvalue weighted by molar-refractivity contribution is 0.245. The number of nitrogens with zero attached hydrogens (tertiary/aromatic N) is 3. The van der Waals surface area contributed by atoms with Crippen molar-refractivity contribution in [3.8, 4) is 11.1 Å². The standard InChI is InChI=1S/C26H35N3/c1-6-7-13-29(16-21-11-12-21)17-24-22-9-8-10-23(26(22)27-28(24)5)25-19(3)14-18(2)15-20(25)4/h8-10,14-15,21H,6-7,11-13,16-17H2,1-5H3. The number of benzene rings is 2. The van der Waals surface area contributed by atoms with Gasteiger partial charge in [0.1, 0.15) is 5.52 Å². The molecule has 1 aliphatic carbocycles. The van der Waals surface area contributed by atoms with Gasteiger partial charge in [-0.2, -0.15) is 5.10 Å². The molecule has 0 atom stereocenters. The summed E-state index contributed by atoms with van der Waals surface area (Å²) in [5, 5.41) is 6.32. The minimum Gasteiger partial charge on any atom is -0.297 e. The Hall–Kier alpha value is -2.13. The Morgan fingerprint density at radius 2 is 1.83 bits per heavy atom. The van der Waals surface area contributed by atoms with Crippen molar-refractivity contribution in [2.45, 2.75) is 59.9 Å². The van der Waals surface area contributed by atoms with Gasteiger partial charge >= 0.3 is 0 Å². The maximum Gasteiger partial charge on any atom is 0.100 e. The van der Waals surface area contributed by atoms with Crippen molar-refractivity contribution >= 4 is 10.9 Å². The summed E-state index contributed by atoms with van der Waals surface area (Å²) in [6, 6.07) is 11.3. The van der Waals surface area contributed by atoms with Crippen LogP contribution in [0, 0.1) is 26.7 Å². The van der Waals surface area contributed by atoms with Gasteiger partial charge in [-0.3, -0.25) is 9.58 Å². The van der Waals surface area contributed by atoms with Crippen LogP contribution >= 0.6 is 0 Å². The zero-order valence-electron chi connectivity index (χ0n) is 18.8. The van der Waals surface area contributed by atoms with Crippen molar-refractivity contribution in [3.05, 3.63) is 52.7 Å². The summed E-state index contributed by atoms with van der Waals surface area (Å²) in [6.45, 7) is 12.3. The molecule has 154 valence electrons. The summed E-state index contributed by atoms with van der Waals surface area (Å²) < 4.78 is 2.12. The molecule has 2 aromatic carbocycles. The van der Waals surface area contributed by atoms with E-state index >= 15 is 0 Å².